The summed E-state index contributed by atoms with van der Waals surface area (Å²) in [5.74, 6) is 0. The van der Waals surface area contributed by atoms with Gasteiger partial charge in [0.2, 0.25) is 13.4 Å². The van der Waals surface area contributed by atoms with E-state index in [1.807, 2.05) is 0 Å². The Morgan fingerprint density at radius 2 is 0.710 bits per heavy atom. The molecule has 0 amide bonds. The van der Waals surface area contributed by atoms with Gasteiger partial charge in [-0.3, -0.25) is 0 Å². The zero-order valence-corrected chi connectivity index (χ0v) is 35.9. The van der Waals surface area contributed by atoms with Crippen molar-refractivity contribution in [1.29, 1.82) is 0 Å². The standard InChI is InChI=1S/C58H42B2N2/c1-31-25-33(3)57(34(4)26-31)61-47-17-9-7-15-43(47)59-45-23-21-38-30-42-40-14-12-20-50-56(40)60(44-16-8-10-18-48(44)62(50)58-35(5)27-32(2)28-36(58)6)46-24-22-37-29-41(39-13-11-19-49(61)55(39)59)53(45)51(38)52(37)54(42)46/h7-30H,1-6H3. The van der Waals surface area contributed by atoms with Crippen LogP contribution in [0.4, 0.5) is 34.1 Å². The molecule has 0 spiro atoms. The number of nitrogens with zero attached hydrogens (tertiary/aromatic N) is 2. The molecule has 10 aromatic rings. The first-order chi connectivity index (χ1) is 30.3. The fourth-order valence-corrected chi connectivity index (χ4v) is 13.2. The lowest BCUT2D eigenvalue weighted by atomic mass is 9.31. The van der Waals surface area contributed by atoms with Gasteiger partial charge in [0.05, 0.1) is 11.4 Å². The van der Waals surface area contributed by atoms with E-state index in [1.54, 1.807) is 0 Å². The molecule has 4 heteroatoms. The van der Waals surface area contributed by atoms with Crippen LogP contribution in [0, 0.1) is 41.5 Å². The van der Waals surface area contributed by atoms with Crippen molar-refractivity contribution < 1.29 is 0 Å². The maximum atomic E-state index is 2.57. The Kier molecular flexibility index (Phi) is 6.63. The highest BCUT2D eigenvalue weighted by atomic mass is 15.2. The number of benzene rings is 10. The highest BCUT2D eigenvalue weighted by molar-refractivity contribution is 7.02. The summed E-state index contributed by atoms with van der Waals surface area (Å²) >= 11 is 0. The molecule has 4 aliphatic rings. The Balaban J connectivity index is 1.07. The molecule has 4 aliphatic heterocycles. The largest absolute Gasteiger partial charge is 0.311 e. The van der Waals surface area contributed by atoms with Crippen molar-refractivity contribution in [1.82, 2.24) is 0 Å². The summed E-state index contributed by atoms with van der Waals surface area (Å²) in [6.45, 7) is 13.8. The normalized spacial score (nSPS) is 13.8. The number of rotatable bonds is 2. The first kappa shape index (κ1) is 34.7. The maximum Gasteiger partial charge on any atom is 0.248 e. The van der Waals surface area contributed by atoms with E-state index in [1.165, 1.54) is 155 Å². The lowest BCUT2D eigenvalue weighted by Crippen LogP contribution is -2.60. The molecule has 0 bridgehead atoms. The van der Waals surface area contributed by atoms with Crippen molar-refractivity contribution in [2.24, 2.45) is 0 Å². The van der Waals surface area contributed by atoms with E-state index in [0.29, 0.717) is 0 Å². The van der Waals surface area contributed by atoms with Gasteiger partial charge in [-0.2, -0.15) is 0 Å². The Morgan fingerprint density at radius 3 is 1.13 bits per heavy atom. The first-order valence-corrected chi connectivity index (χ1v) is 22.3. The zero-order chi connectivity index (χ0) is 41.4. The first-order valence-electron chi connectivity index (χ1n) is 22.3. The van der Waals surface area contributed by atoms with Gasteiger partial charge in [0.25, 0.3) is 0 Å². The summed E-state index contributed by atoms with van der Waals surface area (Å²) in [4.78, 5) is 5.13. The smallest absolute Gasteiger partial charge is 0.248 e. The van der Waals surface area contributed by atoms with Crippen LogP contribution < -0.4 is 42.6 Å². The molecule has 62 heavy (non-hydrogen) atoms. The lowest BCUT2D eigenvalue weighted by Gasteiger charge is -2.42. The van der Waals surface area contributed by atoms with Crippen molar-refractivity contribution in [2.45, 2.75) is 41.5 Å². The fourth-order valence-electron chi connectivity index (χ4n) is 13.2. The summed E-state index contributed by atoms with van der Waals surface area (Å²) < 4.78 is 0. The van der Waals surface area contributed by atoms with Crippen LogP contribution in [0.3, 0.4) is 0 Å². The molecule has 2 nitrogen and oxygen atoms in total. The molecule has 0 saturated carbocycles. The van der Waals surface area contributed by atoms with Crippen molar-refractivity contribution in [2.75, 3.05) is 9.80 Å². The number of aryl methyl sites for hydroxylation is 6. The second-order valence-electron chi connectivity index (χ2n) is 18.7. The number of hydrogen-bond acceptors (Lipinski definition) is 2. The SMILES string of the molecule is Cc1cc(C)c(N2c3ccccc3B3c4c(cccc42)-c2cc4ccc5c6c(cc7ccc3c2c7c46)-c2cccc3c2B5c2ccccc2N3c2c(C)cc(C)cc2C)c(C)c1. The van der Waals surface area contributed by atoms with Crippen LogP contribution in [0.5, 0.6) is 0 Å². The van der Waals surface area contributed by atoms with Gasteiger partial charge in [-0.15, -0.1) is 0 Å². The van der Waals surface area contributed by atoms with E-state index < -0.39 is 0 Å². The van der Waals surface area contributed by atoms with Crippen molar-refractivity contribution in [3.8, 4) is 22.3 Å². The summed E-state index contributed by atoms with van der Waals surface area (Å²) in [5, 5.41) is 8.29. The monoisotopic (exact) mass is 788 g/mol. The van der Waals surface area contributed by atoms with Crippen LogP contribution in [0.2, 0.25) is 0 Å². The van der Waals surface area contributed by atoms with Crippen molar-refractivity contribution in [3.63, 3.8) is 0 Å². The molecule has 290 valence electrons. The number of anilines is 6. The molecule has 0 aromatic heterocycles. The molecular weight excluding hydrogens is 746 g/mol. The highest BCUT2D eigenvalue weighted by Crippen LogP contribution is 2.50. The van der Waals surface area contributed by atoms with E-state index in [4.69, 9.17) is 0 Å². The Hall–Kier alpha value is -7.03. The Labute approximate surface area is 363 Å². The van der Waals surface area contributed by atoms with E-state index in [-0.39, 0.29) is 13.4 Å². The predicted molar refractivity (Wildman–Crippen MR) is 268 cm³/mol. The quantitative estimate of drug-likeness (QED) is 0.127. The third-order valence-corrected chi connectivity index (χ3v) is 15.1. The Morgan fingerprint density at radius 1 is 0.323 bits per heavy atom. The summed E-state index contributed by atoms with van der Waals surface area (Å²) in [6.07, 6.45) is 0. The van der Waals surface area contributed by atoms with Crippen LogP contribution in [0.15, 0.2) is 146 Å². The van der Waals surface area contributed by atoms with E-state index in [9.17, 15) is 0 Å². The van der Waals surface area contributed by atoms with Gasteiger partial charge >= 0.3 is 0 Å². The number of hydrogen-bond donors (Lipinski definition) is 0. The molecule has 0 N–H and O–H groups in total. The number of fused-ring (bicyclic) bond motifs is 8. The summed E-state index contributed by atoms with van der Waals surface area (Å²) in [6, 6.07) is 56.8. The lowest BCUT2D eigenvalue weighted by molar-refractivity contribution is 1.21. The number of para-hydroxylation sites is 2. The zero-order valence-electron chi connectivity index (χ0n) is 35.9. The highest BCUT2D eigenvalue weighted by Gasteiger charge is 2.44. The molecule has 0 fully saturated rings. The molecule has 0 unspecified atom stereocenters. The van der Waals surface area contributed by atoms with Crippen LogP contribution >= 0.6 is 0 Å². The van der Waals surface area contributed by atoms with Gasteiger partial charge in [0, 0.05) is 22.7 Å². The maximum absolute atomic E-state index is 2.57. The second-order valence-corrected chi connectivity index (χ2v) is 18.7. The van der Waals surface area contributed by atoms with E-state index >= 15 is 0 Å². The Bertz CT molecular complexity index is 3400. The van der Waals surface area contributed by atoms with Crippen molar-refractivity contribution >= 4 is 113 Å². The molecule has 0 radical (unpaired) electrons. The summed E-state index contributed by atoms with van der Waals surface area (Å²) in [7, 11) is 0. The predicted octanol–water partition coefficient (Wildman–Crippen LogP) is 11.0. The van der Waals surface area contributed by atoms with Crippen LogP contribution in [-0.4, -0.2) is 13.4 Å². The minimum absolute atomic E-state index is 0.122. The van der Waals surface area contributed by atoms with E-state index in [0.717, 1.165) is 0 Å². The van der Waals surface area contributed by atoms with Gasteiger partial charge < -0.3 is 9.80 Å². The molecule has 4 heterocycles. The van der Waals surface area contributed by atoms with Crippen molar-refractivity contribution in [3.05, 3.63) is 179 Å². The van der Waals surface area contributed by atoms with Crippen LogP contribution in [0.1, 0.15) is 33.4 Å². The van der Waals surface area contributed by atoms with Gasteiger partial charge in [-0.05, 0) is 177 Å². The molecule has 0 saturated heterocycles. The van der Waals surface area contributed by atoms with E-state index in [2.05, 4.69) is 197 Å². The topological polar surface area (TPSA) is 6.48 Å². The second kappa shape index (κ2) is 11.9. The average Bonchev–Trinajstić information content (AvgIpc) is 3.26. The minimum Gasteiger partial charge on any atom is -0.311 e. The van der Waals surface area contributed by atoms with Gasteiger partial charge in [-0.25, -0.2) is 0 Å². The van der Waals surface area contributed by atoms with Gasteiger partial charge in [0.1, 0.15) is 0 Å². The fraction of sp³-hybridized carbons (Fsp3) is 0.103. The van der Waals surface area contributed by atoms with Crippen LogP contribution in [-0.2, 0) is 0 Å². The third kappa shape index (κ3) is 4.18. The summed E-state index contributed by atoms with van der Waals surface area (Å²) in [5.41, 5.74) is 29.4. The molecule has 0 atom stereocenters. The molecule has 10 aromatic carbocycles. The van der Waals surface area contributed by atoms with Crippen LogP contribution in [0.25, 0.3) is 54.6 Å². The molecule has 14 rings (SSSR count). The third-order valence-electron chi connectivity index (χ3n) is 15.1. The van der Waals surface area contributed by atoms with Gasteiger partial charge in [-0.1, -0.05) is 131 Å². The average molecular weight is 789 g/mol. The van der Waals surface area contributed by atoms with Gasteiger partial charge in [0.15, 0.2) is 0 Å². The minimum atomic E-state index is 0.122. The molecular formula is C58H42B2N2. The molecule has 0 aliphatic carbocycles.